The molecule has 2 radical (unpaired) electrons. The third-order valence-electron chi connectivity index (χ3n) is 2.95. The largest absolute Gasteiger partial charge is 0.443 e. The van der Waals surface area contributed by atoms with Gasteiger partial charge in [-0.3, -0.25) is 4.57 Å². The van der Waals surface area contributed by atoms with Crippen molar-refractivity contribution in [3.05, 3.63) is 31.1 Å². The van der Waals surface area contributed by atoms with E-state index >= 15 is 0 Å². The van der Waals surface area contributed by atoms with Crippen LogP contribution >= 0.6 is 0 Å². The second-order valence-electron chi connectivity index (χ2n) is 4.60. The van der Waals surface area contributed by atoms with E-state index in [4.69, 9.17) is 12.3 Å². The number of aromatic nitrogens is 3. The quantitative estimate of drug-likeness (QED) is 0.617. The molecule has 0 aliphatic carbocycles. The van der Waals surface area contributed by atoms with Gasteiger partial charge in [0.1, 0.15) is 13.5 Å². The lowest BCUT2D eigenvalue weighted by molar-refractivity contribution is 0.220. The van der Waals surface area contributed by atoms with Crippen LogP contribution in [-0.4, -0.2) is 47.4 Å². The molecular formula is C13H11BN4O2. The summed E-state index contributed by atoms with van der Waals surface area (Å²) >= 11 is 0. The Morgan fingerprint density at radius 2 is 2.20 bits per heavy atom. The van der Waals surface area contributed by atoms with Gasteiger partial charge in [0, 0.05) is 37.4 Å². The number of pyridine rings is 1. The minimum Gasteiger partial charge on any atom is -0.443 e. The van der Waals surface area contributed by atoms with Crippen molar-refractivity contribution in [2.45, 2.75) is 0 Å². The number of amides is 1. The van der Waals surface area contributed by atoms with E-state index in [0.29, 0.717) is 16.9 Å². The van der Waals surface area contributed by atoms with Crippen LogP contribution in [0, 0.1) is 0 Å². The van der Waals surface area contributed by atoms with E-state index in [2.05, 4.69) is 9.97 Å². The second-order valence-corrected chi connectivity index (χ2v) is 4.60. The van der Waals surface area contributed by atoms with Gasteiger partial charge in [0.2, 0.25) is 0 Å². The molecule has 3 aromatic rings. The minimum atomic E-state index is -0.196. The van der Waals surface area contributed by atoms with Gasteiger partial charge in [-0.05, 0) is 0 Å². The van der Waals surface area contributed by atoms with Crippen molar-refractivity contribution in [2.75, 3.05) is 14.1 Å². The summed E-state index contributed by atoms with van der Waals surface area (Å²) in [5, 5.41) is 0.747. The number of hydrogen-bond donors (Lipinski definition) is 0. The highest BCUT2D eigenvalue weighted by Crippen LogP contribution is 2.28. The Bertz CT molecular complexity index is 777. The van der Waals surface area contributed by atoms with Crippen molar-refractivity contribution < 1.29 is 9.21 Å². The molecular weight excluding hydrogens is 255 g/mol. The molecule has 0 saturated heterocycles. The fourth-order valence-electron chi connectivity index (χ4n) is 2.03. The number of carbonyl (C=O) groups excluding carboxylic acids is 1. The van der Waals surface area contributed by atoms with Crippen LogP contribution in [0.4, 0.5) is 4.79 Å². The van der Waals surface area contributed by atoms with Crippen LogP contribution in [0.2, 0.25) is 0 Å². The van der Waals surface area contributed by atoms with Gasteiger partial charge in [0.25, 0.3) is 0 Å². The van der Waals surface area contributed by atoms with E-state index in [9.17, 15) is 4.79 Å². The Balaban J connectivity index is 2.30. The average Bonchev–Trinajstić information content (AvgIpc) is 3.03. The molecule has 0 spiro atoms. The monoisotopic (exact) mass is 266 g/mol. The summed E-state index contributed by atoms with van der Waals surface area (Å²) < 4.78 is 6.77. The number of hydrogen-bond acceptors (Lipinski definition) is 4. The zero-order chi connectivity index (χ0) is 14.3. The van der Waals surface area contributed by atoms with Crippen molar-refractivity contribution in [1.29, 1.82) is 0 Å². The van der Waals surface area contributed by atoms with Crippen molar-refractivity contribution in [3.63, 3.8) is 0 Å². The minimum absolute atomic E-state index is 0.196. The molecule has 3 rings (SSSR count). The number of rotatable bonds is 1. The molecule has 3 heterocycles. The summed E-state index contributed by atoms with van der Waals surface area (Å²) in [4.78, 5) is 21.8. The van der Waals surface area contributed by atoms with Crippen LogP contribution < -0.4 is 5.46 Å². The van der Waals surface area contributed by atoms with Gasteiger partial charge in [-0.25, -0.2) is 14.8 Å². The van der Waals surface area contributed by atoms with E-state index in [1.807, 2.05) is 0 Å². The third kappa shape index (κ3) is 1.87. The SMILES string of the molecule is [B]c1cnc2c(c1)c(-c1cnco1)cn2C(=O)N(C)C. The van der Waals surface area contributed by atoms with Crippen LogP contribution in [0.25, 0.3) is 22.4 Å². The summed E-state index contributed by atoms with van der Waals surface area (Å²) in [6, 6.07) is 1.57. The molecule has 0 N–H and O–H groups in total. The highest BCUT2D eigenvalue weighted by Gasteiger charge is 2.18. The van der Waals surface area contributed by atoms with E-state index in [-0.39, 0.29) is 6.03 Å². The van der Waals surface area contributed by atoms with Crippen LogP contribution in [0.15, 0.2) is 35.5 Å². The first-order valence-electron chi connectivity index (χ1n) is 5.95. The lowest BCUT2D eigenvalue weighted by Gasteiger charge is -2.10. The van der Waals surface area contributed by atoms with Crippen LogP contribution in [-0.2, 0) is 0 Å². The molecule has 0 aliphatic rings. The van der Waals surface area contributed by atoms with Crippen LogP contribution in [0.1, 0.15) is 0 Å². The Morgan fingerprint density at radius 1 is 1.40 bits per heavy atom. The van der Waals surface area contributed by atoms with Gasteiger partial charge in [-0.2, -0.15) is 0 Å². The zero-order valence-corrected chi connectivity index (χ0v) is 11.1. The zero-order valence-electron chi connectivity index (χ0n) is 11.1. The second kappa shape index (κ2) is 4.52. The van der Waals surface area contributed by atoms with Crippen molar-refractivity contribution in [1.82, 2.24) is 19.4 Å². The van der Waals surface area contributed by atoms with E-state index in [0.717, 1.165) is 10.9 Å². The predicted octanol–water partition coefficient (Wildman–Crippen LogP) is 1.01. The Kier molecular flexibility index (Phi) is 2.82. The Hall–Kier alpha value is -2.57. The summed E-state index contributed by atoms with van der Waals surface area (Å²) in [7, 11) is 9.14. The standard InChI is InChI=1S/C13H11BN4O2/c1-17(2)13(19)18-6-10(11-5-15-7-20-11)9-3-8(14)4-16-12(9)18/h3-7H,1-2H3. The maximum atomic E-state index is 12.2. The lowest BCUT2D eigenvalue weighted by Crippen LogP contribution is -2.26. The molecule has 3 aromatic heterocycles. The summed E-state index contributed by atoms with van der Waals surface area (Å²) in [6.45, 7) is 0. The van der Waals surface area contributed by atoms with E-state index < -0.39 is 0 Å². The summed E-state index contributed by atoms with van der Waals surface area (Å²) in [5.41, 5.74) is 1.78. The molecule has 0 atom stereocenters. The molecule has 0 saturated carbocycles. The van der Waals surface area contributed by atoms with Gasteiger partial charge in [0.15, 0.2) is 12.2 Å². The predicted molar refractivity (Wildman–Crippen MR) is 75.1 cm³/mol. The molecule has 0 unspecified atom stereocenters. The summed E-state index contributed by atoms with van der Waals surface area (Å²) in [5.74, 6) is 0.563. The number of nitrogens with zero attached hydrogens (tertiary/aromatic N) is 4. The van der Waals surface area contributed by atoms with Crippen LogP contribution in [0.5, 0.6) is 0 Å². The Morgan fingerprint density at radius 3 is 2.85 bits per heavy atom. The number of fused-ring (bicyclic) bond motifs is 1. The topological polar surface area (TPSA) is 64.2 Å². The molecule has 98 valence electrons. The molecule has 0 aliphatic heterocycles. The molecule has 7 heteroatoms. The molecule has 0 aromatic carbocycles. The maximum absolute atomic E-state index is 12.2. The molecule has 0 bridgehead atoms. The van der Waals surface area contributed by atoms with Crippen molar-refractivity contribution in [3.8, 4) is 11.3 Å². The van der Waals surface area contributed by atoms with Crippen molar-refractivity contribution >= 4 is 30.4 Å². The molecule has 20 heavy (non-hydrogen) atoms. The number of carbonyl (C=O) groups is 1. The number of oxazole rings is 1. The Labute approximate surface area is 116 Å². The molecule has 0 fully saturated rings. The van der Waals surface area contributed by atoms with Gasteiger partial charge in [0.05, 0.1) is 6.20 Å². The van der Waals surface area contributed by atoms with Gasteiger partial charge in [-0.15, -0.1) is 0 Å². The van der Waals surface area contributed by atoms with Gasteiger partial charge < -0.3 is 9.32 Å². The maximum Gasteiger partial charge on any atom is 0.329 e. The fraction of sp³-hybridized carbons (Fsp3) is 0.154. The first-order chi connectivity index (χ1) is 9.58. The van der Waals surface area contributed by atoms with E-state index in [1.165, 1.54) is 22.1 Å². The lowest BCUT2D eigenvalue weighted by atomic mass is 9.97. The average molecular weight is 266 g/mol. The molecule has 1 amide bonds. The fourth-order valence-corrected chi connectivity index (χ4v) is 2.03. The normalized spacial score (nSPS) is 10.9. The highest BCUT2D eigenvalue weighted by molar-refractivity contribution is 6.33. The molecule has 6 nitrogen and oxygen atoms in total. The first kappa shape index (κ1) is 12.5. The van der Waals surface area contributed by atoms with Crippen LogP contribution in [0.3, 0.4) is 0 Å². The third-order valence-corrected chi connectivity index (χ3v) is 2.95. The summed E-state index contributed by atoms with van der Waals surface area (Å²) in [6.07, 6.45) is 6.13. The first-order valence-corrected chi connectivity index (χ1v) is 5.95. The smallest absolute Gasteiger partial charge is 0.329 e. The van der Waals surface area contributed by atoms with Crippen molar-refractivity contribution in [2.24, 2.45) is 0 Å². The van der Waals surface area contributed by atoms with Gasteiger partial charge in [-0.1, -0.05) is 11.5 Å². The highest BCUT2D eigenvalue weighted by atomic mass is 16.3. The van der Waals surface area contributed by atoms with Gasteiger partial charge >= 0.3 is 6.03 Å². The van der Waals surface area contributed by atoms with E-state index in [1.54, 1.807) is 32.6 Å².